The Kier molecular flexibility index (Phi) is 4.89. The molecule has 1 amide bonds. The van der Waals surface area contributed by atoms with Crippen molar-refractivity contribution < 1.29 is 13.2 Å². The van der Waals surface area contributed by atoms with Crippen molar-refractivity contribution >= 4 is 15.9 Å². The van der Waals surface area contributed by atoms with E-state index in [4.69, 9.17) is 0 Å². The molecule has 10 heteroatoms. The summed E-state index contributed by atoms with van der Waals surface area (Å²) >= 11 is 0. The molecule has 3 rings (SSSR count). The van der Waals surface area contributed by atoms with Gasteiger partial charge in [0.05, 0.1) is 11.3 Å². The van der Waals surface area contributed by atoms with Crippen LogP contribution in [0.2, 0.25) is 0 Å². The first kappa shape index (κ1) is 18.6. The third-order valence-corrected chi connectivity index (χ3v) is 6.55. The smallest absolute Gasteiger partial charge is 0.262 e. The number of imidazole rings is 1. The van der Waals surface area contributed by atoms with Gasteiger partial charge in [0.25, 0.3) is 15.9 Å². The van der Waals surface area contributed by atoms with Crippen molar-refractivity contribution in [2.45, 2.75) is 32.2 Å². The molecule has 0 unspecified atom stereocenters. The summed E-state index contributed by atoms with van der Waals surface area (Å²) in [6.45, 7) is 6.83. The van der Waals surface area contributed by atoms with E-state index in [1.54, 1.807) is 30.4 Å². The summed E-state index contributed by atoms with van der Waals surface area (Å²) in [5.74, 6) is 0.530. The lowest BCUT2D eigenvalue weighted by atomic mass is 10.1. The van der Waals surface area contributed by atoms with Crippen LogP contribution in [-0.2, 0) is 17.1 Å². The Morgan fingerprint density at radius 3 is 2.46 bits per heavy atom. The topological polar surface area (TPSA) is 104 Å². The van der Waals surface area contributed by atoms with Gasteiger partial charge >= 0.3 is 0 Å². The SMILES string of the molecule is Cc1n[nH]c(C)c1C(=O)N1CCCN(S(=O)(=O)c2cn(C)c(C)n2)CC1. The third kappa shape index (κ3) is 3.26. The molecule has 3 heterocycles. The van der Waals surface area contributed by atoms with Crippen LogP contribution in [-0.4, -0.2) is 69.5 Å². The van der Waals surface area contributed by atoms with Gasteiger partial charge in [0, 0.05) is 45.1 Å². The fourth-order valence-electron chi connectivity index (χ4n) is 3.14. The molecule has 0 saturated carbocycles. The molecule has 26 heavy (non-hydrogen) atoms. The van der Waals surface area contributed by atoms with Gasteiger partial charge in [0.2, 0.25) is 0 Å². The van der Waals surface area contributed by atoms with Gasteiger partial charge in [0.15, 0.2) is 5.03 Å². The maximum atomic E-state index is 12.9. The lowest BCUT2D eigenvalue weighted by Gasteiger charge is -2.21. The monoisotopic (exact) mass is 380 g/mol. The average molecular weight is 380 g/mol. The number of sulfonamides is 1. The second kappa shape index (κ2) is 6.84. The molecule has 0 radical (unpaired) electrons. The van der Waals surface area contributed by atoms with Crippen molar-refractivity contribution in [1.82, 2.24) is 29.0 Å². The van der Waals surface area contributed by atoms with Crippen molar-refractivity contribution in [2.75, 3.05) is 26.2 Å². The van der Waals surface area contributed by atoms with Crippen molar-refractivity contribution in [1.29, 1.82) is 0 Å². The van der Waals surface area contributed by atoms with E-state index in [0.717, 1.165) is 5.69 Å². The summed E-state index contributed by atoms with van der Waals surface area (Å²) in [5, 5.41) is 6.95. The van der Waals surface area contributed by atoms with Crippen LogP contribution in [0.1, 0.15) is 34.0 Å². The van der Waals surface area contributed by atoms with Gasteiger partial charge < -0.3 is 9.47 Å². The zero-order valence-electron chi connectivity index (χ0n) is 15.5. The predicted octanol–water partition coefficient (Wildman–Crippen LogP) is 0.605. The normalized spacial score (nSPS) is 16.7. The molecule has 1 fully saturated rings. The summed E-state index contributed by atoms with van der Waals surface area (Å²) in [5.41, 5.74) is 1.96. The number of hydrogen-bond acceptors (Lipinski definition) is 5. The van der Waals surface area contributed by atoms with Gasteiger partial charge in [-0.25, -0.2) is 13.4 Å². The van der Waals surface area contributed by atoms with Gasteiger partial charge in [-0.2, -0.15) is 9.40 Å². The first-order chi connectivity index (χ1) is 12.2. The molecule has 0 aliphatic carbocycles. The summed E-state index contributed by atoms with van der Waals surface area (Å²) < 4.78 is 28.8. The highest BCUT2D eigenvalue weighted by Crippen LogP contribution is 2.19. The van der Waals surface area contributed by atoms with E-state index in [9.17, 15) is 13.2 Å². The van der Waals surface area contributed by atoms with Crippen LogP contribution in [0.5, 0.6) is 0 Å². The minimum absolute atomic E-state index is 0.0544. The van der Waals surface area contributed by atoms with E-state index < -0.39 is 10.0 Å². The maximum absolute atomic E-state index is 12.9. The highest BCUT2D eigenvalue weighted by Gasteiger charge is 2.31. The molecule has 9 nitrogen and oxygen atoms in total. The number of amides is 1. The van der Waals surface area contributed by atoms with E-state index in [2.05, 4.69) is 15.2 Å². The van der Waals surface area contributed by atoms with Crippen LogP contribution >= 0.6 is 0 Å². The number of rotatable bonds is 3. The number of carbonyl (C=O) groups is 1. The molecule has 0 aromatic carbocycles. The zero-order valence-corrected chi connectivity index (χ0v) is 16.3. The van der Waals surface area contributed by atoms with Crippen LogP contribution in [0.25, 0.3) is 0 Å². The van der Waals surface area contributed by atoms with Crippen LogP contribution in [0, 0.1) is 20.8 Å². The van der Waals surface area contributed by atoms with Gasteiger partial charge in [-0.3, -0.25) is 9.89 Å². The van der Waals surface area contributed by atoms with Gasteiger partial charge in [0.1, 0.15) is 5.82 Å². The van der Waals surface area contributed by atoms with E-state index in [1.807, 2.05) is 6.92 Å². The van der Waals surface area contributed by atoms with Crippen LogP contribution < -0.4 is 0 Å². The Morgan fingerprint density at radius 1 is 1.15 bits per heavy atom. The van der Waals surface area contributed by atoms with E-state index >= 15 is 0 Å². The number of nitrogens with one attached hydrogen (secondary N) is 1. The quantitative estimate of drug-likeness (QED) is 0.840. The van der Waals surface area contributed by atoms with Crippen LogP contribution in [0.15, 0.2) is 11.2 Å². The molecule has 0 spiro atoms. The summed E-state index contributed by atoms with van der Waals surface area (Å²) in [6.07, 6.45) is 2.10. The molecule has 1 aliphatic rings. The number of aryl methyl sites for hydroxylation is 4. The van der Waals surface area contributed by atoms with Crippen LogP contribution in [0.3, 0.4) is 0 Å². The lowest BCUT2D eigenvalue weighted by molar-refractivity contribution is 0.0763. The second-order valence-electron chi connectivity index (χ2n) is 6.60. The minimum atomic E-state index is -3.66. The Morgan fingerprint density at radius 2 is 1.88 bits per heavy atom. The number of aromatic nitrogens is 4. The van der Waals surface area contributed by atoms with E-state index in [-0.39, 0.29) is 17.5 Å². The third-order valence-electron chi connectivity index (χ3n) is 4.77. The Bertz CT molecular complexity index is 891. The minimum Gasteiger partial charge on any atom is -0.337 e. The summed E-state index contributed by atoms with van der Waals surface area (Å²) in [7, 11) is -1.90. The molecule has 0 atom stereocenters. The summed E-state index contributed by atoms with van der Waals surface area (Å²) in [4.78, 5) is 18.7. The van der Waals surface area contributed by atoms with Gasteiger partial charge in [-0.15, -0.1) is 0 Å². The molecule has 2 aromatic heterocycles. The largest absolute Gasteiger partial charge is 0.337 e. The van der Waals surface area contributed by atoms with Crippen molar-refractivity contribution in [3.05, 3.63) is 29.0 Å². The summed E-state index contributed by atoms with van der Waals surface area (Å²) in [6, 6.07) is 0. The number of H-pyrrole nitrogens is 1. The van der Waals surface area contributed by atoms with Crippen LogP contribution in [0.4, 0.5) is 0 Å². The molecule has 0 bridgehead atoms. The maximum Gasteiger partial charge on any atom is 0.262 e. The number of hydrogen-bond donors (Lipinski definition) is 1. The van der Waals surface area contributed by atoms with E-state index in [0.29, 0.717) is 43.1 Å². The molecule has 1 aliphatic heterocycles. The first-order valence-electron chi connectivity index (χ1n) is 8.52. The van der Waals surface area contributed by atoms with Crippen molar-refractivity contribution in [3.8, 4) is 0 Å². The highest BCUT2D eigenvalue weighted by atomic mass is 32.2. The second-order valence-corrected chi connectivity index (χ2v) is 8.48. The lowest BCUT2D eigenvalue weighted by Crippen LogP contribution is -2.37. The average Bonchev–Trinajstić information content (AvgIpc) is 2.98. The van der Waals surface area contributed by atoms with Crippen molar-refractivity contribution in [2.24, 2.45) is 7.05 Å². The molecule has 1 saturated heterocycles. The zero-order chi connectivity index (χ0) is 19.1. The highest BCUT2D eigenvalue weighted by molar-refractivity contribution is 7.89. The number of carbonyl (C=O) groups excluding carboxylic acids is 1. The molecule has 2 aromatic rings. The van der Waals surface area contributed by atoms with Gasteiger partial charge in [-0.1, -0.05) is 0 Å². The Labute approximate surface area is 153 Å². The molecule has 1 N–H and O–H groups in total. The van der Waals surface area contributed by atoms with E-state index in [1.165, 1.54) is 10.5 Å². The Balaban J connectivity index is 1.77. The molecule has 142 valence electrons. The molecular weight excluding hydrogens is 356 g/mol. The van der Waals surface area contributed by atoms with Crippen molar-refractivity contribution in [3.63, 3.8) is 0 Å². The fraction of sp³-hybridized carbons (Fsp3) is 0.562. The first-order valence-corrected chi connectivity index (χ1v) is 9.96. The number of aromatic amines is 1. The molecular formula is C16H24N6O3S. The Hall–Kier alpha value is -2.20. The predicted molar refractivity (Wildman–Crippen MR) is 95.3 cm³/mol. The van der Waals surface area contributed by atoms with Gasteiger partial charge in [-0.05, 0) is 27.2 Å². The number of nitrogens with zero attached hydrogens (tertiary/aromatic N) is 5. The standard InChI is InChI=1S/C16H24N6O3S/c1-11-15(12(2)19-18-11)16(23)21-6-5-7-22(9-8-21)26(24,25)14-10-20(4)13(3)17-14/h10H,5-9H2,1-4H3,(H,18,19). The fourth-order valence-corrected chi connectivity index (χ4v) is 4.64.